The van der Waals surface area contributed by atoms with Gasteiger partial charge in [-0.15, -0.1) is 0 Å². The Kier molecular flexibility index (Phi) is 3.74. The van der Waals surface area contributed by atoms with Crippen LogP contribution in [0.15, 0.2) is 41.1 Å². The Balaban J connectivity index is 2.07. The Hall–Kier alpha value is -2.14. The number of hydrogen-bond donors (Lipinski definition) is 0. The highest BCUT2D eigenvalue weighted by Gasteiger charge is 2.10. The van der Waals surface area contributed by atoms with Crippen molar-refractivity contribution in [2.75, 3.05) is 7.11 Å². The maximum Gasteiger partial charge on any atom is 0.344 e. The molecule has 0 bridgehead atoms. The number of carbonyl (C=O) groups is 2. The molecule has 92 valence electrons. The van der Waals surface area contributed by atoms with Crippen molar-refractivity contribution in [1.82, 2.24) is 0 Å². The van der Waals surface area contributed by atoms with E-state index in [-0.39, 0.29) is 0 Å². The molecular formula is C13H10O4S. The van der Waals surface area contributed by atoms with Gasteiger partial charge in [-0.25, -0.2) is 9.59 Å². The van der Waals surface area contributed by atoms with Crippen LogP contribution < -0.4 is 4.74 Å². The summed E-state index contributed by atoms with van der Waals surface area (Å²) in [4.78, 5) is 22.8. The molecule has 0 radical (unpaired) electrons. The first-order valence-electron chi connectivity index (χ1n) is 5.13. The van der Waals surface area contributed by atoms with E-state index >= 15 is 0 Å². The summed E-state index contributed by atoms with van der Waals surface area (Å²) in [7, 11) is 1.31. The predicted octanol–water partition coefficient (Wildman–Crippen LogP) is 2.75. The van der Waals surface area contributed by atoms with Crippen LogP contribution in [0.25, 0.3) is 0 Å². The molecule has 0 spiro atoms. The minimum Gasteiger partial charge on any atom is -0.465 e. The molecule has 2 rings (SSSR count). The lowest BCUT2D eigenvalue weighted by Crippen LogP contribution is -2.07. The second-order valence-corrected chi connectivity index (χ2v) is 4.20. The zero-order valence-corrected chi connectivity index (χ0v) is 10.4. The molecule has 0 atom stereocenters. The molecule has 5 heteroatoms. The van der Waals surface area contributed by atoms with Gasteiger partial charge in [0.1, 0.15) is 5.75 Å². The van der Waals surface area contributed by atoms with Gasteiger partial charge in [0.25, 0.3) is 0 Å². The summed E-state index contributed by atoms with van der Waals surface area (Å²) in [5.74, 6) is -0.452. The summed E-state index contributed by atoms with van der Waals surface area (Å²) in [6.07, 6.45) is 0. The molecule has 0 saturated carbocycles. The summed E-state index contributed by atoms with van der Waals surface area (Å²) in [6.45, 7) is 0. The average Bonchev–Trinajstić information content (AvgIpc) is 2.92. The number of methoxy groups -OCH3 is 1. The van der Waals surface area contributed by atoms with E-state index in [0.29, 0.717) is 16.9 Å². The molecule has 0 N–H and O–H groups in total. The van der Waals surface area contributed by atoms with Gasteiger partial charge in [0.15, 0.2) is 0 Å². The van der Waals surface area contributed by atoms with Crippen LogP contribution in [-0.4, -0.2) is 19.0 Å². The van der Waals surface area contributed by atoms with Crippen LogP contribution in [0.3, 0.4) is 0 Å². The highest BCUT2D eigenvalue weighted by molar-refractivity contribution is 7.08. The van der Waals surface area contributed by atoms with E-state index in [1.807, 2.05) is 0 Å². The normalized spacial score (nSPS) is 9.83. The lowest BCUT2D eigenvalue weighted by molar-refractivity contribution is 0.0600. The van der Waals surface area contributed by atoms with Crippen LogP contribution in [0.1, 0.15) is 20.7 Å². The van der Waals surface area contributed by atoms with Gasteiger partial charge in [0.2, 0.25) is 0 Å². The standard InChI is InChI=1S/C13H10O4S/c1-16-12(14)9-2-4-11(5-3-9)17-13(15)10-6-7-18-8-10/h2-8H,1H3. The molecule has 1 aromatic heterocycles. The Labute approximate surface area is 108 Å². The quantitative estimate of drug-likeness (QED) is 0.630. The summed E-state index contributed by atoms with van der Waals surface area (Å²) >= 11 is 1.43. The van der Waals surface area contributed by atoms with Gasteiger partial charge in [-0.1, -0.05) is 0 Å². The Morgan fingerprint density at radius 2 is 1.72 bits per heavy atom. The monoisotopic (exact) mass is 262 g/mol. The van der Waals surface area contributed by atoms with Gasteiger partial charge < -0.3 is 9.47 Å². The molecule has 2 aromatic rings. The topological polar surface area (TPSA) is 52.6 Å². The molecule has 0 aliphatic rings. The van der Waals surface area contributed by atoms with E-state index in [9.17, 15) is 9.59 Å². The van der Waals surface area contributed by atoms with Crippen molar-refractivity contribution in [1.29, 1.82) is 0 Å². The minimum atomic E-state index is -0.425. The SMILES string of the molecule is COC(=O)c1ccc(OC(=O)c2ccsc2)cc1. The summed E-state index contributed by atoms with van der Waals surface area (Å²) < 4.78 is 9.71. The van der Waals surface area contributed by atoms with Crippen molar-refractivity contribution in [3.63, 3.8) is 0 Å². The molecule has 1 heterocycles. The Bertz CT molecular complexity index is 543. The third kappa shape index (κ3) is 2.75. The molecule has 18 heavy (non-hydrogen) atoms. The zero-order chi connectivity index (χ0) is 13.0. The molecule has 4 nitrogen and oxygen atoms in total. The smallest absolute Gasteiger partial charge is 0.344 e. The van der Waals surface area contributed by atoms with Crippen molar-refractivity contribution in [2.24, 2.45) is 0 Å². The van der Waals surface area contributed by atoms with Gasteiger partial charge in [-0.05, 0) is 35.7 Å². The first kappa shape index (κ1) is 12.3. The molecule has 0 aliphatic carbocycles. The third-order valence-corrected chi connectivity index (χ3v) is 2.93. The molecule has 0 fully saturated rings. The van der Waals surface area contributed by atoms with Crippen molar-refractivity contribution in [3.8, 4) is 5.75 Å². The highest BCUT2D eigenvalue weighted by Crippen LogP contribution is 2.15. The highest BCUT2D eigenvalue weighted by atomic mass is 32.1. The molecule has 0 unspecified atom stereocenters. The van der Waals surface area contributed by atoms with Crippen molar-refractivity contribution < 1.29 is 19.1 Å². The maximum atomic E-state index is 11.6. The van der Waals surface area contributed by atoms with E-state index in [4.69, 9.17) is 4.74 Å². The second-order valence-electron chi connectivity index (χ2n) is 3.42. The summed E-state index contributed by atoms with van der Waals surface area (Å²) in [5, 5.41) is 3.52. The van der Waals surface area contributed by atoms with Crippen LogP contribution in [0.4, 0.5) is 0 Å². The molecular weight excluding hydrogens is 252 g/mol. The molecule has 0 amide bonds. The number of ether oxygens (including phenoxy) is 2. The van der Waals surface area contributed by atoms with Gasteiger partial charge in [-0.3, -0.25) is 0 Å². The van der Waals surface area contributed by atoms with E-state index in [0.717, 1.165) is 0 Å². The Morgan fingerprint density at radius 3 is 2.28 bits per heavy atom. The number of hydrogen-bond acceptors (Lipinski definition) is 5. The minimum absolute atomic E-state index is 0.388. The molecule has 0 aliphatic heterocycles. The number of carbonyl (C=O) groups excluding carboxylic acids is 2. The first-order valence-corrected chi connectivity index (χ1v) is 6.08. The largest absolute Gasteiger partial charge is 0.465 e. The first-order chi connectivity index (χ1) is 8.70. The average molecular weight is 262 g/mol. The third-order valence-electron chi connectivity index (χ3n) is 2.24. The van der Waals surface area contributed by atoms with Crippen molar-refractivity contribution in [3.05, 3.63) is 52.2 Å². The van der Waals surface area contributed by atoms with Crippen LogP contribution in [-0.2, 0) is 4.74 Å². The molecule has 0 saturated heterocycles. The fourth-order valence-corrected chi connectivity index (χ4v) is 1.95. The number of esters is 2. The maximum absolute atomic E-state index is 11.6. The van der Waals surface area contributed by atoms with Crippen LogP contribution in [0.5, 0.6) is 5.75 Å². The molecule has 1 aromatic carbocycles. The fraction of sp³-hybridized carbons (Fsp3) is 0.0769. The van der Waals surface area contributed by atoms with Crippen LogP contribution in [0, 0.1) is 0 Å². The number of rotatable bonds is 3. The van der Waals surface area contributed by atoms with E-state index < -0.39 is 11.9 Å². The van der Waals surface area contributed by atoms with Crippen LogP contribution in [0.2, 0.25) is 0 Å². The summed E-state index contributed by atoms with van der Waals surface area (Å²) in [5.41, 5.74) is 0.921. The van der Waals surface area contributed by atoms with E-state index in [1.165, 1.54) is 18.4 Å². The van der Waals surface area contributed by atoms with Gasteiger partial charge in [-0.2, -0.15) is 11.3 Å². The summed E-state index contributed by atoms with van der Waals surface area (Å²) in [6, 6.07) is 7.88. The Morgan fingerprint density at radius 1 is 1.00 bits per heavy atom. The lowest BCUT2D eigenvalue weighted by Gasteiger charge is -2.03. The number of benzene rings is 1. The van der Waals surface area contributed by atoms with Crippen molar-refractivity contribution in [2.45, 2.75) is 0 Å². The second kappa shape index (κ2) is 5.46. The van der Waals surface area contributed by atoms with Crippen molar-refractivity contribution >= 4 is 23.3 Å². The predicted molar refractivity (Wildman–Crippen MR) is 67.1 cm³/mol. The number of thiophene rings is 1. The van der Waals surface area contributed by atoms with Gasteiger partial charge in [0.05, 0.1) is 18.2 Å². The zero-order valence-electron chi connectivity index (χ0n) is 9.58. The lowest BCUT2D eigenvalue weighted by atomic mass is 10.2. The van der Waals surface area contributed by atoms with Crippen LogP contribution >= 0.6 is 11.3 Å². The fourth-order valence-electron chi connectivity index (χ4n) is 1.32. The van der Waals surface area contributed by atoms with Gasteiger partial charge in [0, 0.05) is 5.38 Å². The van der Waals surface area contributed by atoms with E-state index in [1.54, 1.807) is 41.1 Å². The van der Waals surface area contributed by atoms with Gasteiger partial charge >= 0.3 is 11.9 Å². The van der Waals surface area contributed by atoms with E-state index in [2.05, 4.69) is 4.74 Å².